The molecule has 3 heteroatoms. The molecule has 0 saturated carbocycles. The van der Waals surface area contributed by atoms with Crippen LogP contribution in [-0.4, -0.2) is 25.1 Å². The first kappa shape index (κ1) is 9.74. The summed E-state index contributed by atoms with van der Waals surface area (Å²) in [5.74, 6) is 0.341. The highest BCUT2D eigenvalue weighted by Gasteiger charge is 2.43. The molecule has 1 aliphatic heterocycles. The van der Waals surface area contributed by atoms with Crippen molar-refractivity contribution < 1.29 is 14.2 Å². The van der Waals surface area contributed by atoms with Crippen molar-refractivity contribution in [1.29, 1.82) is 0 Å². The van der Waals surface area contributed by atoms with Gasteiger partial charge < -0.3 is 14.2 Å². The van der Waals surface area contributed by atoms with Gasteiger partial charge in [-0.15, -0.1) is 0 Å². The van der Waals surface area contributed by atoms with E-state index in [-0.39, 0.29) is 12.2 Å². The zero-order chi connectivity index (χ0) is 10.3. The Balaban J connectivity index is 2.27. The zero-order valence-corrected chi connectivity index (χ0v) is 9.03. The Morgan fingerprint density at radius 2 is 2.14 bits per heavy atom. The lowest BCUT2D eigenvalue weighted by molar-refractivity contribution is -0.146. The summed E-state index contributed by atoms with van der Waals surface area (Å²) in [7, 11) is 1.69. The van der Waals surface area contributed by atoms with E-state index in [0.717, 1.165) is 11.3 Å². The lowest BCUT2D eigenvalue weighted by Crippen LogP contribution is -2.31. The van der Waals surface area contributed by atoms with Crippen molar-refractivity contribution in [2.75, 3.05) is 7.11 Å². The molecule has 2 atom stereocenters. The number of hydrogen-bond acceptors (Lipinski definition) is 3. The SMILES string of the molecule is COC1C=C(C)C=C2OC(C)(C)OC21. The van der Waals surface area contributed by atoms with Gasteiger partial charge in [0.2, 0.25) is 5.79 Å². The molecule has 3 nitrogen and oxygen atoms in total. The van der Waals surface area contributed by atoms with Gasteiger partial charge in [-0.2, -0.15) is 0 Å². The fraction of sp³-hybridized carbons (Fsp3) is 0.636. The monoisotopic (exact) mass is 196 g/mol. The molecule has 78 valence electrons. The van der Waals surface area contributed by atoms with E-state index in [9.17, 15) is 0 Å². The normalized spacial score (nSPS) is 34.3. The highest BCUT2D eigenvalue weighted by molar-refractivity contribution is 5.31. The highest BCUT2D eigenvalue weighted by Crippen LogP contribution is 2.36. The molecule has 1 fully saturated rings. The minimum Gasteiger partial charge on any atom is -0.464 e. The minimum absolute atomic E-state index is 0.0308. The summed E-state index contributed by atoms with van der Waals surface area (Å²) < 4.78 is 16.8. The molecule has 0 aromatic rings. The molecule has 0 spiro atoms. The Morgan fingerprint density at radius 1 is 1.43 bits per heavy atom. The van der Waals surface area contributed by atoms with E-state index in [2.05, 4.69) is 6.08 Å². The summed E-state index contributed by atoms with van der Waals surface area (Å²) in [6.07, 6.45) is 3.95. The third kappa shape index (κ3) is 1.57. The summed E-state index contributed by atoms with van der Waals surface area (Å²) in [6.45, 7) is 5.85. The second-order valence-corrected chi connectivity index (χ2v) is 4.20. The van der Waals surface area contributed by atoms with E-state index in [1.54, 1.807) is 7.11 Å². The first-order valence-corrected chi connectivity index (χ1v) is 4.81. The molecule has 2 rings (SSSR count). The number of methoxy groups -OCH3 is 1. The molecule has 0 amide bonds. The summed E-state index contributed by atoms with van der Waals surface area (Å²) in [5, 5.41) is 0. The van der Waals surface area contributed by atoms with Crippen molar-refractivity contribution in [3.05, 3.63) is 23.5 Å². The summed E-state index contributed by atoms with van der Waals surface area (Å²) in [5.41, 5.74) is 1.16. The fourth-order valence-corrected chi connectivity index (χ4v) is 1.88. The van der Waals surface area contributed by atoms with Gasteiger partial charge in [-0.05, 0) is 24.6 Å². The lowest BCUT2D eigenvalue weighted by atomic mass is 10.0. The molecule has 2 aliphatic rings. The number of fused-ring (bicyclic) bond motifs is 1. The van der Waals surface area contributed by atoms with Crippen LogP contribution in [0.5, 0.6) is 0 Å². The second kappa shape index (κ2) is 3.11. The van der Waals surface area contributed by atoms with Gasteiger partial charge >= 0.3 is 0 Å². The van der Waals surface area contributed by atoms with Gasteiger partial charge in [-0.3, -0.25) is 0 Å². The predicted molar refractivity (Wildman–Crippen MR) is 52.7 cm³/mol. The Kier molecular flexibility index (Phi) is 2.16. The van der Waals surface area contributed by atoms with E-state index in [1.807, 2.05) is 26.8 Å². The van der Waals surface area contributed by atoms with E-state index >= 15 is 0 Å². The Morgan fingerprint density at radius 3 is 2.79 bits per heavy atom. The maximum atomic E-state index is 5.74. The van der Waals surface area contributed by atoms with E-state index in [1.165, 1.54) is 0 Å². The largest absolute Gasteiger partial charge is 0.464 e. The Labute approximate surface area is 84.3 Å². The van der Waals surface area contributed by atoms with Crippen molar-refractivity contribution in [3.63, 3.8) is 0 Å². The first-order chi connectivity index (χ1) is 6.52. The van der Waals surface area contributed by atoms with Crippen molar-refractivity contribution in [1.82, 2.24) is 0 Å². The van der Waals surface area contributed by atoms with Crippen molar-refractivity contribution in [2.24, 2.45) is 0 Å². The number of rotatable bonds is 1. The van der Waals surface area contributed by atoms with Gasteiger partial charge in [0, 0.05) is 21.0 Å². The van der Waals surface area contributed by atoms with Crippen LogP contribution in [0.25, 0.3) is 0 Å². The van der Waals surface area contributed by atoms with Gasteiger partial charge in [0.25, 0.3) is 0 Å². The summed E-state index contributed by atoms with van der Waals surface area (Å²) in [6, 6.07) is 0. The zero-order valence-electron chi connectivity index (χ0n) is 9.03. The van der Waals surface area contributed by atoms with Crippen LogP contribution in [0.2, 0.25) is 0 Å². The molecular weight excluding hydrogens is 180 g/mol. The quantitative estimate of drug-likeness (QED) is 0.642. The van der Waals surface area contributed by atoms with Gasteiger partial charge in [0.05, 0.1) is 0 Å². The average Bonchev–Trinajstić information content (AvgIpc) is 2.37. The fourth-order valence-electron chi connectivity index (χ4n) is 1.88. The van der Waals surface area contributed by atoms with E-state index < -0.39 is 5.79 Å². The Hall–Kier alpha value is -0.800. The van der Waals surface area contributed by atoms with Crippen LogP contribution in [-0.2, 0) is 14.2 Å². The lowest BCUT2D eigenvalue weighted by Gasteiger charge is -2.22. The maximum Gasteiger partial charge on any atom is 0.205 e. The van der Waals surface area contributed by atoms with Crippen LogP contribution in [0.3, 0.4) is 0 Å². The maximum absolute atomic E-state index is 5.74. The van der Waals surface area contributed by atoms with E-state index in [4.69, 9.17) is 14.2 Å². The van der Waals surface area contributed by atoms with Crippen LogP contribution < -0.4 is 0 Å². The van der Waals surface area contributed by atoms with Gasteiger partial charge in [-0.1, -0.05) is 0 Å². The highest BCUT2D eigenvalue weighted by atomic mass is 16.8. The first-order valence-electron chi connectivity index (χ1n) is 4.81. The number of ether oxygens (including phenoxy) is 3. The van der Waals surface area contributed by atoms with Gasteiger partial charge in [-0.25, -0.2) is 0 Å². The average molecular weight is 196 g/mol. The number of hydrogen-bond donors (Lipinski definition) is 0. The van der Waals surface area contributed by atoms with Crippen molar-refractivity contribution >= 4 is 0 Å². The Bertz CT molecular complexity index is 302. The molecule has 1 saturated heterocycles. The van der Waals surface area contributed by atoms with Gasteiger partial charge in [0.15, 0.2) is 0 Å². The molecule has 0 radical (unpaired) electrons. The molecule has 1 heterocycles. The van der Waals surface area contributed by atoms with E-state index in [0.29, 0.717) is 0 Å². The van der Waals surface area contributed by atoms with Crippen LogP contribution in [0.1, 0.15) is 20.8 Å². The third-order valence-corrected chi connectivity index (χ3v) is 2.42. The third-order valence-electron chi connectivity index (χ3n) is 2.42. The molecule has 2 unspecified atom stereocenters. The van der Waals surface area contributed by atoms with Crippen LogP contribution in [0.15, 0.2) is 23.5 Å². The molecule has 0 N–H and O–H groups in total. The van der Waals surface area contributed by atoms with Crippen LogP contribution in [0, 0.1) is 0 Å². The van der Waals surface area contributed by atoms with Crippen molar-refractivity contribution in [2.45, 2.75) is 38.8 Å². The molecule has 0 bridgehead atoms. The van der Waals surface area contributed by atoms with Gasteiger partial charge in [0.1, 0.15) is 18.0 Å². The van der Waals surface area contributed by atoms with Crippen molar-refractivity contribution in [3.8, 4) is 0 Å². The second-order valence-electron chi connectivity index (χ2n) is 4.20. The molecule has 0 aromatic heterocycles. The molecule has 1 aliphatic carbocycles. The van der Waals surface area contributed by atoms with Crippen LogP contribution in [0.4, 0.5) is 0 Å². The summed E-state index contributed by atoms with van der Waals surface area (Å²) >= 11 is 0. The standard InChI is InChI=1S/C11H16O3/c1-7-5-8(12-4)10-9(6-7)13-11(2,3)14-10/h5-6,8,10H,1-4H3. The topological polar surface area (TPSA) is 27.7 Å². The molecule has 14 heavy (non-hydrogen) atoms. The summed E-state index contributed by atoms with van der Waals surface area (Å²) in [4.78, 5) is 0. The molecular formula is C11H16O3. The number of allylic oxidation sites excluding steroid dienone is 2. The molecule has 0 aromatic carbocycles. The van der Waals surface area contributed by atoms with Crippen LogP contribution >= 0.6 is 0 Å². The minimum atomic E-state index is -0.536. The predicted octanol–water partition coefficient (Wildman–Crippen LogP) is 2.00. The smallest absolute Gasteiger partial charge is 0.205 e.